The Morgan fingerprint density at radius 3 is 2.84 bits per heavy atom. The number of rotatable bonds is 4. The maximum atomic E-state index is 12.0. The molecule has 2 atom stereocenters. The summed E-state index contributed by atoms with van der Waals surface area (Å²) < 4.78 is 1.73. The van der Waals surface area contributed by atoms with E-state index in [1.807, 2.05) is 36.5 Å². The van der Waals surface area contributed by atoms with E-state index in [0.717, 1.165) is 10.9 Å². The minimum atomic E-state index is -0.823. The van der Waals surface area contributed by atoms with Gasteiger partial charge in [-0.3, -0.25) is 4.79 Å². The van der Waals surface area contributed by atoms with E-state index in [-0.39, 0.29) is 14.1 Å². The molecule has 0 spiro atoms. The minimum Gasteiger partial charge on any atom is -0.369 e. The molecule has 1 aromatic carbocycles. The quantitative estimate of drug-likeness (QED) is 0.717. The van der Waals surface area contributed by atoms with Gasteiger partial charge in [0.2, 0.25) is 5.52 Å². The van der Waals surface area contributed by atoms with Crippen molar-refractivity contribution in [2.75, 3.05) is 0 Å². The fourth-order valence-electron chi connectivity index (χ4n) is 2.05. The van der Waals surface area contributed by atoms with Gasteiger partial charge in [0, 0.05) is 21.0 Å². The predicted octanol–water partition coefficient (Wildman–Crippen LogP) is 2.94. The number of nitrogens with one attached hydrogen (secondary N) is 1. The Kier molecular flexibility index (Phi) is 3.20. The lowest BCUT2D eigenvalue weighted by Crippen LogP contribution is -2.04. The Morgan fingerprint density at radius 1 is 1.21 bits per heavy atom. The zero-order chi connectivity index (χ0) is 13.2. The Bertz CT molecular complexity index is 703. The number of aliphatic hydroxyl groups excluding tert-OH is 1. The number of aromatic amines is 1. The molecule has 3 rings (SSSR count). The standard InChI is InChI=1S/C14H13N2O2P/c17-13(11-5-3-8-15-11)19-14(18)16-9-7-10-4-1-2-6-12(10)16/h1-9,14-15,18-19H. The van der Waals surface area contributed by atoms with Crippen LogP contribution in [0.15, 0.2) is 54.9 Å². The van der Waals surface area contributed by atoms with Gasteiger partial charge in [-0.1, -0.05) is 18.2 Å². The van der Waals surface area contributed by atoms with Crippen LogP contribution in [-0.2, 0) is 0 Å². The molecule has 19 heavy (non-hydrogen) atoms. The van der Waals surface area contributed by atoms with Crippen molar-refractivity contribution in [3.63, 3.8) is 0 Å². The smallest absolute Gasteiger partial charge is 0.201 e. The van der Waals surface area contributed by atoms with E-state index in [1.54, 1.807) is 22.9 Å². The van der Waals surface area contributed by atoms with Crippen LogP contribution in [0.2, 0.25) is 0 Å². The van der Waals surface area contributed by atoms with E-state index in [1.165, 1.54) is 0 Å². The SMILES string of the molecule is O=C(PC(O)n1ccc2ccccc21)c1ccc[nH]1. The third kappa shape index (κ3) is 2.33. The molecule has 0 saturated carbocycles. The van der Waals surface area contributed by atoms with Gasteiger partial charge >= 0.3 is 0 Å². The van der Waals surface area contributed by atoms with Gasteiger partial charge in [0.1, 0.15) is 0 Å². The predicted molar refractivity (Wildman–Crippen MR) is 76.6 cm³/mol. The van der Waals surface area contributed by atoms with Gasteiger partial charge in [0.15, 0.2) is 5.97 Å². The summed E-state index contributed by atoms with van der Waals surface area (Å²) in [4.78, 5) is 14.8. The number of H-pyrrole nitrogens is 1. The summed E-state index contributed by atoms with van der Waals surface area (Å²) in [6.45, 7) is 0. The molecule has 0 bridgehead atoms. The van der Waals surface area contributed by atoms with E-state index in [4.69, 9.17) is 0 Å². The highest BCUT2D eigenvalue weighted by Crippen LogP contribution is 2.33. The van der Waals surface area contributed by atoms with Crippen LogP contribution in [-0.4, -0.2) is 20.2 Å². The number of aromatic nitrogens is 2. The normalized spacial score (nSPS) is 13.3. The molecule has 2 N–H and O–H groups in total. The molecule has 0 radical (unpaired) electrons. The first-order valence-corrected chi connectivity index (χ1v) is 7.01. The number of aliphatic hydroxyl groups is 1. The lowest BCUT2D eigenvalue weighted by molar-refractivity contribution is 0.107. The Morgan fingerprint density at radius 2 is 2.05 bits per heavy atom. The van der Waals surface area contributed by atoms with Crippen LogP contribution in [0.1, 0.15) is 16.5 Å². The van der Waals surface area contributed by atoms with Crippen LogP contribution in [0, 0.1) is 0 Å². The zero-order valence-corrected chi connectivity index (χ0v) is 11.1. The second-order valence-electron chi connectivity index (χ2n) is 4.21. The Hall–Kier alpha value is -1.90. The molecule has 4 nitrogen and oxygen atoms in total. The van der Waals surface area contributed by atoms with E-state index >= 15 is 0 Å². The number of benzene rings is 1. The number of para-hydroxylation sites is 1. The van der Waals surface area contributed by atoms with Gasteiger partial charge in [-0.25, -0.2) is 0 Å². The number of hydrogen-bond donors (Lipinski definition) is 2. The molecule has 3 aromatic rings. The van der Waals surface area contributed by atoms with Crippen molar-refractivity contribution in [3.8, 4) is 0 Å². The molecule has 2 aromatic heterocycles. The Balaban J connectivity index is 1.84. The number of fused-ring (bicyclic) bond motifs is 1. The maximum absolute atomic E-state index is 12.0. The average molecular weight is 272 g/mol. The third-order valence-corrected chi connectivity index (χ3v) is 4.06. The summed E-state index contributed by atoms with van der Waals surface area (Å²) in [7, 11) is -0.220. The number of hydrogen-bond acceptors (Lipinski definition) is 2. The summed E-state index contributed by atoms with van der Waals surface area (Å²) in [5.74, 6) is -0.823. The fourth-order valence-corrected chi connectivity index (χ4v) is 2.96. The van der Waals surface area contributed by atoms with Crippen LogP contribution in [0.25, 0.3) is 10.9 Å². The zero-order valence-electron chi connectivity index (χ0n) is 10.1. The summed E-state index contributed by atoms with van der Waals surface area (Å²) in [6, 6.07) is 13.2. The van der Waals surface area contributed by atoms with Gasteiger partial charge in [0.05, 0.1) is 11.2 Å². The van der Waals surface area contributed by atoms with Crippen molar-refractivity contribution in [3.05, 3.63) is 60.6 Å². The van der Waals surface area contributed by atoms with Crippen molar-refractivity contribution in [1.82, 2.24) is 9.55 Å². The van der Waals surface area contributed by atoms with E-state index < -0.39 is 5.97 Å². The number of carbonyl (C=O) groups is 1. The lowest BCUT2D eigenvalue weighted by atomic mass is 10.2. The van der Waals surface area contributed by atoms with Crippen molar-refractivity contribution in [2.24, 2.45) is 0 Å². The highest BCUT2D eigenvalue weighted by atomic mass is 31.1. The second-order valence-corrected chi connectivity index (χ2v) is 5.47. The first kappa shape index (κ1) is 12.2. The van der Waals surface area contributed by atoms with Crippen LogP contribution < -0.4 is 0 Å². The molecule has 0 aliphatic rings. The topological polar surface area (TPSA) is 58.0 Å². The fraction of sp³-hybridized carbons (Fsp3) is 0.0714. The van der Waals surface area contributed by atoms with Gasteiger partial charge < -0.3 is 14.7 Å². The molecule has 0 aliphatic carbocycles. The van der Waals surface area contributed by atoms with Crippen LogP contribution in [0.3, 0.4) is 0 Å². The van der Waals surface area contributed by atoms with Gasteiger partial charge in [-0.2, -0.15) is 0 Å². The summed E-state index contributed by atoms with van der Waals surface area (Å²) in [5, 5.41) is 11.3. The molecular formula is C14H13N2O2P. The molecule has 0 fully saturated rings. The largest absolute Gasteiger partial charge is 0.369 e. The van der Waals surface area contributed by atoms with E-state index in [0.29, 0.717) is 5.69 Å². The first-order chi connectivity index (χ1) is 9.25. The van der Waals surface area contributed by atoms with E-state index in [9.17, 15) is 9.90 Å². The molecule has 0 amide bonds. The van der Waals surface area contributed by atoms with Crippen LogP contribution >= 0.6 is 8.58 Å². The van der Waals surface area contributed by atoms with Crippen LogP contribution in [0.5, 0.6) is 0 Å². The molecule has 0 aliphatic heterocycles. The summed E-state index contributed by atoms with van der Waals surface area (Å²) >= 11 is 0. The highest BCUT2D eigenvalue weighted by Gasteiger charge is 2.15. The minimum absolute atomic E-state index is 0.0738. The number of nitrogens with zero attached hydrogens (tertiary/aromatic N) is 1. The van der Waals surface area contributed by atoms with Crippen molar-refractivity contribution in [2.45, 2.75) is 5.97 Å². The first-order valence-electron chi connectivity index (χ1n) is 5.93. The second kappa shape index (κ2) is 5.00. The van der Waals surface area contributed by atoms with E-state index in [2.05, 4.69) is 4.98 Å². The molecule has 2 heterocycles. The maximum Gasteiger partial charge on any atom is 0.201 e. The van der Waals surface area contributed by atoms with Gasteiger partial charge in [-0.15, -0.1) is 0 Å². The molecule has 5 heteroatoms. The van der Waals surface area contributed by atoms with Crippen molar-refractivity contribution in [1.29, 1.82) is 0 Å². The molecule has 0 saturated heterocycles. The Labute approximate surface area is 111 Å². The monoisotopic (exact) mass is 272 g/mol. The average Bonchev–Trinajstić information content (AvgIpc) is 3.08. The third-order valence-electron chi connectivity index (χ3n) is 3.00. The van der Waals surface area contributed by atoms with Gasteiger partial charge in [0.25, 0.3) is 0 Å². The van der Waals surface area contributed by atoms with Crippen molar-refractivity contribution >= 4 is 25.0 Å². The summed E-state index contributed by atoms with van der Waals surface area (Å²) in [6.07, 6.45) is 3.51. The highest BCUT2D eigenvalue weighted by molar-refractivity contribution is 7.58. The van der Waals surface area contributed by atoms with Gasteiger partial charge in [-0.05, 0) is 29.7 Å². The molecule has 2 unspecified atom stereocenters. The summed E-state index contributed by atoms with van der Waals surface area (Å²) in [5.41, 5.74) is 1.39. The van der Waals surface area contributed by atoms with Crippen molar-refractivity contribution < 1.29 is 9.90 Å². The molecule has 96 valence electrons. The van der Waals surface area contributed by atoms with Crippen LogP contribution in [0.4, 0.5) is 0 Å². The lowest BCUT2D eigenvalue weighted by Gasteiger charge is -2.13. The number of carbonyl (C=O) groups excluding carboxylic acids is 1. The molecular weight excluding hydrogens is 259 g/mol.